The molecule has 16 valence electrons. The van der Waals surface area contributed by atoms with Gasteiger partial charge in [0.15, 0.2) is 0 Å². The van der Waals surface area contributed by atoms with Crippen LogP contribution in [0.25, 0.3) is 0 Å². The maximum Gasteiger partial charge on any atom is 1.00 e. The van der Waals surface area contributed by atoms with E-state index in [1.165, 1.54) is 0 Å². The van der Waals surface area contributed by atoms with Crippen molar-refractivity contribution in [2.24, 2.45) is 0 Å². The van der Waals surface area contributed by atoms with Crippen LogP contribution in [0.2, 0.25) is 0 Å². The standard InChI is InChI=1S/2Hg.O.2Tl/q;;-2;2*+1. The predicted octanol–water partition coefficient (Wildman–Crippen LogP) is -0.885. The van der Waals surface area contributed by atoms with Gasteiger partial charge in [0, 0.05) is 55.3 Å². The first-order chi connectivity index (χ1) is 0. The van der Waals surface area contributed by atoms with Gasteiger partial charge in [-0.25, -0.2) is 0 Å². The van der Waals surface area contributed by atoms with Crippen molar-refractivity contribution in [2.45, 2.75) is 0 Å². The van der Waals surface area contributed by atoms with E-state index in [0.29, 0.717) is 0 Å². The Labute approximate surface area is 113 Å². The largest absolute Gasteiger partial charge is 2.00 e. The van der Waals surface area contributed by atoms with E-state index in [0.717, 1.165) is 0 Å². The summed E-state index contributed by atoms with van der Waals surface area (Å²) in [6.45, 7) is 0. The average molecular weight is 826 g/mol. The van der Waals surface area contributed by atoms with Crippen molar-refractivity contribution in [2.75, 3.05) is 0 Å². The molecule has 0 heterocycles. The maximum atomic E-state index is 0. The van der Waals surface area contributed by atoms with Gasteiger partial charge in [-0.1, -0.05) is 0 Å². The van der Waals surface area contributed by atoms with E-state index in [-0.39, 0.29) is 115 Å². The Morgan fingerprint density at radius 3 is 0.600 bits per heavy atom. The Kier molecular flexibility index (Phi) is 192. The smallest absolute Gasteiger partial charge is 1.00 e. The van der Waals surface area contributed by atoms with Gasteiger partial charge in [0.2, 0.25) is 0 Å². The molecule has 0 spiro atoms. The fourth-order valence-corrected chi connectivity index (χ4v) is 0. The summed E-state index contributed by atoms with van der Waals surface area (Å²) in [4.78, 5) is 0. The van der Waals surface area contributed by atoms with Crippen LogP contribution in [-0.2, 0) is 60.8 Å². The molecule has 0 saturated carbocycles. The summed E-state index contributed by atoms with van der Waals surface area (Å²) in [6, 6.07) is 0. The first kappa shape index (κ1) is 37.8. The molecule has 0 saturated heterocycles. The SMILES string of the molecule is [Hg].[Hg].[O-2].[Tl+].[Tl+]. The zero-order valence-corrected chi connectivity index (χ0v) is 23.0. The van der Waals surface area contributed by atoms with E-state index >= 15 is 0 Å². The molecular weight excluding hydrogens is 826 g/mol. The molecule has 0 aromatic heterocycles. The van der Waals surface area contributed by atoms with E-state index in [1.54, 1.807) is 0 Å². The minimum atomic E-state index is 0. The molecule has 0 aliphatic rings. The van der Waals surface area contributed by atoms with E-state index in [9.17, 15) is 0 Å². The normalized spacial score (nSPS) is 0. The summed E-state index contributed by atoms with van der Waals surface area (Å²) >= 11 is 0. The molecule has 0 radical (unpaired) electrons. The van der Waals surface area contributed by atoms with E-state index < -0.39 is 0 Å². The van der Waals surface area contributed by atoms with Crippen molar-refractivity contribution >= 4 is 54.6 Å². The van der Waals surface area contributed by atoms with Crippen molar-refractivity contribution < 1.29 is 60.8 Å². The molecule has 0 aromatic rings. The quantitative estimate of drug-likeness (QED) is 0.285. The minimum Gasteiger partial charge on any atom is -2.00 e. The van der Waals surface area contributed by atoms with Gasteiger partial charge in [-0.15, -0.1) is 0 Å². The summed E-state index contributed by atoms with van der Waals surface area (Å²) in [5.74, 6) is 0. The minimum absolute atomic E-state index is 0. The van der Waals surface area contributed by atoms with Crippen LogP contribution in [0.15, 0.2) is 0 Å². The molecule has 0 aliphatic carbocycles. The molecule has 5 heteroatoms. The molecular formula is Hg2OTl2. The number of hydrogen-bond donors (Lipinski definition) is 0. The monoisotopic (exact) mass is 830 g/mol. The molecule has 0 amide bonds. The Morgan fingerprint density at radius 2 is 0.600 bits per heavy atom. The molecule has 5 heavy (non-hydrogen) atoms. The number of hydrogen-bond acceptors (Lipinski definition) is 0. The summed E-state index contributed by atoms with van der Waals surface area (Å²) in [5.41, 5.74) is 0. The molecule has 0 unspecified atom stereocenters. The Morgan fingerprint density at radius 1 is 0.600 bits per heavy atom. The third kappa shape index (κ3) is 18.3. The van der Waals surface area contributed by atoms with Gasteiger partial charge in [-0.2, -0.15) is 0 Å². The molecule has 0 fully saturated rings. The Balaban J connectivity index is 0. The van der Waals surface area contributed by atoms with Gasteiger partial charge in [0.25, 0.3) is 0 Å². The zero-order valence-electron chi connectivity index (χ0n) is 2.98. The maximum absolute atomic E-state index is 0. The summed E-state index contributed by atoms with van der Waals surface area (Å²) < 4.78 is 0. The van der Waals surface area contributed by atoms with Gasteiger partial charge in [0.05, 0.1) is 0 Å². The first-order valence-electron chi connectivity index (χ1n) is 0. The van der Waals surface area contributed by atoms with E-state index in [1.807, 2.05) is 0 Å². The summed E-state index contributed by atoms with van der Waals surface area (Å²) in [7, 11) is 0. The molecule has 0 aliphatic heterocycles. The Bertz CT molecular complexity index is 7.61. The van der Waals surface area contributed by atoms with Crippen molar-refractivity contribution in [3.8, 4) is 0 Å². The summed E-state index contributed by atoms with van der Waals surface area (Å²) in [6.07, 6.45) is 0. The van der Waals surface area contributed by atoms with Crippen LogP contribution in [-0.4, -0.2) is 54.6 Å². The van der Waals surface area contributed by atoms with E-state index in [2.05, 4.69) is 0 Å². The topological polar surface area (TPSA) is 28.5 Å². The fraction of sp³-hybridized carbons (Fsp3) is 0. The van der Waals surface area contributed by atoms with Crippen molar-refractivity contribution in [3.63, 3.8) is 0 Å². The van der Waals surface area contributed by atoms with Crippen molar-refractivity contribution in [1.29, 1.82) is 0 Å². The second-order valence-electron chi connectivity index (χ2n) is 0. The Hall–Kier alpha value is 3.67. The molecule has 0 aromatic carbocycles. The van der Waals surface area contributed by atoms with Crippen molar-refractivity contribution in [3.05, 3.63) is 0 Å². The van der Waals surface area contributed by atoms with Crippen LogP contribution in [0.1, 0.15) is 0 Å². The molecule has 0 bridgehead atoms. The fourth-order valence-electron chi connectivity index (χ4n) is 0. The van der Waals surface area contributed by atoms with Crippen LogP contribution in [0.3, 0.4) is 0 Å². The third-order valence-electron chi connectivity index (χ3n) is 0. The summed E-state index contributed by atoms with van der Waals surface area (Å²) in [5, 5.41) is 0. The average Bonchev–Trinajstić information content (AvgIpc) is 0. The van der Waals surface area contributed by atoms with Crippen LogP contribution >= 0.6 is 0 Å². The molecule has 0 rings (SSSR count). The van der Waals surface area contributed by atoms with Crippen molar-refractivity contribution in [1.82, 2.24) is 0 Å². The van der Waals surface area contributed by atoms with Crippen LogP contribution in [0.4, 0.5) is 0 Å². The van der Waals surface area contributed by atoms with Crippen LogP contribution in [0, 0.1) is 0 Å². The first-order valence-corrected chi connectivity index (χ1v) is 0. The molecule has 0 atom stereocenters. The van der Waals surface area contributed by atoms with Crippen LogP contribution < -0.4 is 0 Å². The predicted molar refractivity (Wildman–Crippen MR) is 12.2 cm³/mol. The number of rotatable bonds is 0. The van der Waals surface area contributed by atoms with Gasteiger partial charge in [0.1, 0.15) is 0 Å². The third-order valence-corrected chi connectivity index (χ3v) is 0. The van der Waals surface area contributed by atoms with Gasteiger partial charge in [-0.3, -0.25) is 0 Å². The van der Waals surface area contributed by atoms with Gasteiger partial charge in [-0.05, 0) is 0 Å². The van der Waals surface area contributed by atoms with Gasteiger partial charge < -0.3 is 5.48 Å². The molecule has 0 N–H and O–H groups in total. The zero-order chi connectivity index (χ0) is 0. The second-order valence-corrected chi connectivity index (χ2v) is 0. The van der Waals surface area contributed by atoms with Crippen LogP contribution in [0.5, 0.6) is 0 Å². The van der Waals surface area contributed by atoms with Gasteiger partial charge >= 0.3 is 54.6 Å². The van der Waals surface area contributed by atoms with E-state index in [4.69, 9.17) is 0 Å². The second kappa shape index (κ2) is 25.3. The molecule has 1 nitrogen and oxygen atoms in total.